The first-order valence-corrected chi connectivity index (χ1v) is 6.27. The molecule has 3 fully saturated rings. The van der Waals surface area contributed by atoms with Gasteiger partial charge in [0.1, 0.15) is 0 Å². The highest BCUT2D eigenvalue weighted by Crippen LogP contribution is 2.36. The Hall–Kier alpha value is -0.0800. The molecular weight excluding hydrogens is 174 g/mol. The predicted octanol–water partition coefficient (Wildman–Crippen LogP) is 1.94. The van der Waals surface area contributed by atoms with E-state index in [1.807, 2.05) is 0 Å². The lowest BCUT2D eigenvalue weighted by molar-refractivity contribution is 0.0476. The molecule has 2 nitrogen and oxygen atoms in total. The van der Waals surface area contributed by atoms with E-state index in [1.165, 1.54) is 45.1 Å². The van der Waals surface area contributed by atoms with E-state index in [9.17, 15) is 0 Å². The molecule has 1 aliphatic heterocycles. The number of nitrogens with one attached hydrogen (secondary N) is 1. The van der Waals surface area contributed by atoms with Crippen molar-refractivity contribution in [2.24, 2.45) is 11.8 Å². The average Bonchev–Trinajstić information content (AvgIpc) is 2.94. The molecule has 2 heteroatoms. The highest BCUT2D eigenvalue weighted by atomic mass is 16.5. The highest BCUT2D eigenvalue weighted by Gasteiger charge is 2.36. The first kappa shape index (κ1) is 9.17. The summed E-state index contributed by atoms with van der Waals surface area (Å²) in [6, 6.07) is 0.785. The van der Waals surface area contributed by atoms with Crippen molar-refractivity contribution < 1.29 is 4.74 Å². The molecule has 0 aromatic rings. The van der Waals surface area contributed by atoms with Crippen LogP contribution in [0.15, 0.2) is 0 Å². The molecule has 1 heterocycles. The Morgan fingerprint density at radius 1 is 1.14 bits per heavy atom. The topological polar surface area (TPSA) is 21.3 Å². The van der Waals surface area contributed by atoms with E-state index in [0.29, 0.717) is 6.10 Å². The van der Waals surface area contributed by atoms with Crippen molar-refractivity contribution in [3.8, 4) is 0 Å². The second kappa shape index (κ2) is 3.82. The van der Waals surface area contributed by atoms with Crippen LogP contribution in [0.4, 0.5) is 0 Å². The molecule has 1 N–H and O–H groups in total. The summed E-state index contributed by atoms with van der Waals surface area (Å²) >= 11 is 0. The maximum atomic E-state index is 5.98. The molecule has 0 spiro atoms. The summed E-state index contributed by atoms with van der Waals surface area (Å²) in [6.07, 6.45) is 8.81. The number of piperidine rings is 1. The molecule has 3 unspecified atom stereocenters. The van der Waals surface area contributed by atoms with Gasteiger partial charge in [0.2, 0.25) is 0 Å². The van der Waals surface area contributed by atoms with Crippen LogP contribution in [-0.4, -0.2) is 25.3 Å². The largest absolute Gasteiger partial charge is 0.378 e. The van der Waals surface area contributed by atoms with E-state index in [0.717, 1.165) is 24.5 Å². The molecular formula is C12H21NO. The van der Waals surface area contributed by atoms with Gasteiger partial charge >= 0.3 is 0 Å². The Labute approximate surface area is 86.4 Å². The summed E-state index contributed by atoms with van der Waals surface area (Å²) in [5, 5.41) is 3.63. The smallest absolute Gasteiger partial charge is 0.0593 e. The van der Waals surface area contributed by atoms with Crippen LogP contribution in [-0.2, 0) is 4.74 Å². The zero-order valence-corrected chi connectivity index (χ0v) is 8.87. The molecule has 0 amide bonds. The minimum atomic E-state index is 0.580. The predicted molar refractivity (Wildman–Crippen MR) is 56.2 cm³/mol. The third kappa shape index (κ3) is 1.96. The minimum Gasteiger partial charge on any atom is -0.378 e. The molecule has 0 aromatic heterocycles. The Balaban J connectivity index is 1.47. The number of hydrogen-bond donors (Lipinski definition) is 1. The number of fused-ring (bicyclic) bond motifs is 1. The van der Waals surface area contributed by atoms with Crippen molar-refractivity contribution >= 4 is 0 Å². The van der Waals surface area contributed by atoms with E-state index in [4.69, 9.17) is 4.74 Å². The highest BCUT2D eigenvalue weighted by molar-refractivity contribution is 4.92. The Morgan fingerprint density at radius 2 is 2.07 bits per heavy atom. The van der Waals surface area contributed by atoms with E-state index >= 15 is 0 Å². The lowest BCUT2D eigenvalue weighted by Crippen LogP contribution is -2.37. The van der Waals surface area contributed by atoms with E-state index in [-0.39, 0.29) is 0 Å². The maximum Gasteiger partial charge on any atom is 0.0593 e. The fourth-order valence-electron chi connectivity index (χ4n) is 2.99. The second-order valence-electron chi connectivity index (χ2n) is 5.33. The first-order chi connectivity index (χ1) is 6.92. The van der Waals surface area contributed by atoms with Crippen LogP contribution in [0.5, 0.6) is 0 Å². The van der Waals surface area contributed by atoms with Crippen molar-refractivity contribution in [1.82, 2.24) is 5.32 Å². The van der Waals surface area contributed by atoms with Crippen LogP contribution >= 0.6 is 0 Å². The fourth-order valence-corrected chi connectivity index (χ4v) is 2.99. The Bertz CT molecular complexity index is 188. The molecule has 3 rings (SSSR count). The van der Waals surface area contributed by atoms with E-state index < -0.39 is 0 Å². The van der Waals surface area contributed by atoms with Gasteiger partial charge in [-0.3, -0.25) is 0 Å². The molecule has 0 radical (unpaired) electrons. The maximum absolute atomic E-state index is 5.98. The normalized spacial score (nSPS) is 42.4. The quantitative estimate of drug-likeness (QED) is 0.743. The summed E-state index contributed by atoms with van der Waals surface area (Å²) in [5.74, 6) is 1.85. The van der Waals surface area contributed by atoms with Crippen LogP contribution in [0.25, 0.3) is 0 Å². The van der Waals surface area contributed by atoms with Gasteiger partial charge in [-0.05, 0) is 56.9 Å². The molecule has 3 aliphatic rings. The summed E-state index contributed by atoms with van der Waals surface area (Å²) in [4.78, 5) is 0. The zero-order valence-electron chi connectivity index (χ0n) is 8.87. The Kier molecular flexibility index (Phi) is 2.50. The van der Waals surface area contributed by atoms with Crippen molar-refractivity contribution in [3.63, 3.8) is 0 Å². The molecule has 80 valence electrons. The van der Waals surface area contributed by atoms with Crippen molar-refractivity contribution in [2.75, 3.05) is 13.2 Å². The summed E-state index contributed by atoms with van der Waals surface area (Å²) in [6.45, 7) is 2.28. The van der Waals surface area contributed by atoms with E-state index in [2.05, 4.69) is 5.32 Å². The van der Waals surface area contributed by atoms with Crippen molar-refractivity contribution in [3.05, 3.63) is 0 Å². The molecule has 3 atom stereocenters. The van der Waals surface area contributed by atoms with Gasteiger partial charge in [-0.1, -0.05) is 0 Å². The first-order valence-electron chi connectivity index (χ1n) is 6.27. The number of hydrogen-bond acceptors (Lipinski definition) is 2. The number of rotatable bonds is 3. The molecule has 14 heavy (non-hydrogen) atoms. The van der Waals surface area contributed by atoms with Gasteiger partial charge in [0, 0.05) is 12.6 Å². The van der Waals surface area contributed by atoms with Crippen LogP contribution in [0, 0.1) is 11.8 Å². The van der Waals surface area contributed by atoms with Crippen molar-refractivity contribution in [2.45, 2.75) is 50.7 Å². The lowest BCUT2D eigenvalue weighted by atomic mass is 9.94. The van der Waals surface area contributed by atoms with Gasteiger partial charge in [-0.25, -0.2) is 0 Å². The van der Waals surface area contributed by atoms with E-state index in [1.54, 1.807) is 0 Å². The standard InChI is InChI=1S/C12H21NO/c1-2-10-6-11(7-12(10)13-5-1)14-8-9-3-4-9/h9-13H,1-8H2. The van der Waals surface area contributed by atoms with Crippen LogP contribution in [0.1, 0.15) is 38.5 Å². The molecule has 1 saturated heterocycles. The third-order valence-electron chi connectivity index (χ3n) is 4.07. The summed E-state index contributed by atoms with van der Waals surface area (Å²) in [7, 11) is 0. The summed E-state index contributed by atoms with van der Waals surface area (Å²) < 4.78 is 5.98. The van der Waals surface area contributed by atoms with Gasteiger partial charge in [-0.15, -0.1) is 0 Å². The molecule has 0 bridgehead atoms. The zero-order chi connectivity index (χ0) is 9.38. The van der Waals surface area contributed by atoms with Crippen molar-refractivity contribution in [1.29, 1.82) is 0 Å². The summed E-state index contributed by atoms with van der Waals surface area (Å²) in [5.41, 5.74) is 0. The van der Waals surface area contributed by atoms with Gasteiger partial charge in [-0.2, -0.15) is 0 Å². The average molecular weight is 195 g/mol. The van der Waals surface area contributed by atoms with Crippen LogP contribution in [0.3, 0.4) is 0 Å². The third-order valence-corrected chi connectivity index (χ3v) is 4.07. The van der Waals surface area contributed by atoms with Crippen LogP contribution in [0.2, 0.25) is 0 Å². The lowest BCUT2D eigenvalue weighted by Gasteiger charge is -2.25. The molecule has 2 aliphatic carbocycles. The Morgan fingerprint density at radius 3 is 2.86 bits per heavy atom. The molecule has 2 saturated carbocycles. The van der Waals surface area contributed by atoms with Gasteiger partial charge in [0.25, 0.3) is 0 Å². The second-order valence-corrected chi connectivity index (χ2v) is 5.33. The number of ether oxygens (including phenoxy) is 1. The SMILES string of the molecule is C1CNC2CC(OCC3CC3)CC2C1. The van der Waals surface area contributed by atoms with Crippen LogP contribution < -0.4 is 5.32 Å². The monoisotopic (exact) mass is 195 g/mol. The molecule has 0 aromatic carbocycles. The van der Waals surface area contributed by atoms with Gasteiger partial charge in [0.05, 0.1) is 6.10 Å². The van der Waals surface area contributed by atoms with Gasteiger partial charge < -0.3 is 10.1 Å². The fraction of sp³-hybridized carbons (Fsp3) is 1.00. The van der Waals surface area contributed by atoms with Gasteiger partial charge in [0.15, 0.2) is 0 Å². The minimum absolute atomic E-state index is 0.580.